The van der Waals surface area contributed by atoms with Crippen molar-refractivity contribution in [3.05, 3.63) is 46.1 Å². The molecule has 0 atom stereocenters. The number of nitro benzene ring substituents is 1. The second-order valence-corrected chi connectivity index (χ2v) is 6.37. The largest absolute Gasteiger partial charge is 0.361 e. The van der Waals surface area contributed by atoms with Gasteiger partial charge in [0.25, 0.3) is 5.69 Å². The zero-order valence-corrected chi connectivity index (χ0v) is 13.6. The molecule has 1 fully saturated rings. The molecule has 0 unspecified atom stereocenters. The number of aromatic amines is 1. The highest BCUT2D eigenvalue weighted by Gasteiger charge is 2.25. The Hall–Kier alpha value is -1.85. The van der Waals surface area contributed by atoms with Crippen LogP contribution < -0.4 is 0 Å². The van der Waals surface area contributed by atoms with Crippen molar-refractivity contribution in [3.8, 4) is 0 Å². The van der Waals surface area contributed by atoms with E-state index < -0.39 is 0 Å². The molecule has 23 heavy (non-hydrogen) atoms. The van der Waals surface area contributed by atoms with E-state index in [0.29, 0.717) is 0 Å². The van der Waals surface area contributed by atoms with Gasteiger partial charge < -0.3 is 4.98 Å². The van der Waals surface area contributed by atoms with Crippen LogP contribution in [0.3, 0.4) is 0 Å². The van der Waals surface area contributed by atoms with Gasteiger partial charge in [-0.3, -0.25) is 15.0 Å². The van der Waals surface area contributed by atoms with E-state index in [0.717, 1.165) is 41.9 Å². The lowest BCUT2D eigenvalue weighted by molar-refractivity contribution is -0.384. The van der Waals surface area contributed by atoms with Crippen LogP contribution in [0.4, 0.5) is 5.69 Å². The fraction of sp³-hybridized carbons (Fsp3) is 0.412. The summed E-state index contributed by atoms with van der Waals surface area (Å²) in [4.78, 5) is 16.4. The predicted octanol–water partition coefficient (Wildman–Crippen LogP) is 4.00. The summed E-state index contributed by atoms with van der Waals surface area (Å²) in [5, 5.41) is 11.9. The van der Waals surface area contributed by atoms with Gasteiger partial charge in [0.2, 0.25) is 0 Å². The predicted molar refractivity (Wildman–Crippen MR) is 94.0 cm³/mol. The molecule has 1 aliphatic heterocycles. The SMILES string of the molecule is Cl.O=[N+]([O-])c1ccc2[nH]cc(C3=CCN(CC4CC4)CC3)c2c1. The Labute approximate surface area is 140 Å². The number of rotatable bonds is 4. The first-order valence-corrected chi connectivity index (χ1v) is 7.88. The molecule has 4 rings (SSSR count). The molecule has 1 aliphatic carbocycles. The normalized spacial score (nSPS) is 18.5. The molecule has 0 radical (unpaired) electrons. The number of hydrogen-bond donors (Lipinski definition) is 1. The fourth-order valence-corrected chi connectivity index (χ4v) is 3.28. The van der Waals surface area contributed by atoms with Crippen LogP contribution in [0.25, 0.3) is 16.5 Å². The average Bonchev–Trinajstić information content (AvgIpc) is 3.24. The summed E-state index contributed by atoms with van der Waals surface area (Å²) < 4.78 is 0. The third-order valence-electron chi connectivity index (χ3n) is 4.73. The number of halogens is 1. The molecule has 2 aliphatic rings. The second-order valence-electron chi connectivity index (χ2n) is 6.37. The van der Waals surface area contributed by atoms with E-state index in [9.17, 15) is 10.1 Å². The van der Waals surface area contributed by atoms with Crippen LogP contribution in [0.5, 0.6) is 0 Å². The molecule has 0 bridgehead atoms. The fourth-order valence-electron chi connectivity index (χ4n) is 3.28. The average molecular weight is 334 g/mol. The zero-order chi connectivity index (χ0) is 15.1. The monoisotopic (exact) mass is 333 g/mol. The number of aromatic nitrogens is 1. The molecular formula is C17H20ClN3O2. The van der Waals surface area contributed by atoms with Crippen LogP contribution in [0.15, 0.2) is 30.5 Å². The van der Waals surface area contributed by atoms with E-state index >= 15 is 0 Å². The van der Waals surface area contributed by atoms with Crippen molar-refractivity contribution in [2.24, 2.45) is 5.92 Å². The van der Waals surface area contributed by atoms with Crippen LogP contribution in [0, 0.1) is 16.0 Å². The maximum absolute atomic E-state index is 11.0. The van der Waals surface area contributed by atoms with Gasteiger partial charge in [-0.05, 0) is 36.8 Å². The topological polar surface area (TPSA) is 62.2 Å². The first-order valence-electron chi connectivity index (χ1n) is 7.88. The van der Waals surface area contributed by atoms with Crippen molar-refractivity contribution in [2.75, 3.05) is 19.6 Å². The van der Waals surface area contributed by atoms with E-state index in [1.165, 1.54) is 25.0 Å². The Morgan fingerprint density at radius 3 is 2.83 bits per heavy atom. The molecule has 6 heteroatoms. The van der Waals surface area contributed by atoms with Gasteiger partial charge in [0.1, 0.15) is 0 Å². The van der Waals surface area contributed by atoms with Gasteiger partial charge >= 0.3 is 0 Å². The molecule has 1 saturated carbocycles. The Bertz CT molecular complexity index is 764. The summed E-state index contributed by atoms with van der Waals surface area (Å²) in [6.45, 7) is 3.31. The van der Waals surface area contributed by atoms with Crippen molar-refractivity contribution in [3.63, 3.8) is 0 Å². The summed E-state index contributed by atoms with van der Waals surface area (Å²) in [6.07, 6.45) is 8.06. The molecule has 1 aromatic heterocycles. The van der Waals surface area contributed by atoms with Crippen molar-refractivity contribution < 1.29 is 4.92 Å². The van der Waals surface area contributed by atoms with Crippen molar-refractivity contribution in [2.45, 2.75) is 19.3 Å². The minimum absolute atomic E-state index is 0. The van der Waals surface area contributed by atoms with Crippen LogP contribution in [-0.4, -0.2) is 34.4 Å². The Morgan fingerprint density at radius 1 is 1.35 bits per heavy atom. The van der Waals surface area contributed by atoms with E-state index in [4.69, 9.17) is 0 Å². The van der Waals surface area contributed by atoms with Crippen LogP contribution >= 0.6 is 12.4 Å². The molecule has 122 valence electrons. The summed E-state index contributed by atoms with van der Waals surface area (Å²) >= 11 is 0. The number of hydrogen-bond acceptors (Lipinski definition) is 3. The second kappa shape index (κ2) is 6.34. The van der Waals surface area contributed by atoms with Gasteiger partial charge in [-0.1, -0.05) is 6.08 Å². The Balaban J connectivity index is 0.00000156. The minimum Gasteiger partial charge on any atom is -0.361 e. The van der Waals surface area contributed by atoms with Gasteiger partial charge in [-0.15, -0.1) is 12.4 Å². The quantitative estimate of drug-likeness (QED) is 0.679. The van der Waals surface area contributed by atoms with Gasteiger partial charge in [0.15, 0.2) is 0 Å². The summed E-state index contributed by atoms with van der Waals surface area (Å²) in [5.74, 6) is 0.922. The lowest BCUT2D eigenvalue weighted by atomic mass is 9.98. The molecule has 1 aromatic carbocycles. The van der Waals surface area contributed by atoms with E-state index in [2.05, 4.69) is 16.0 Å². The molecule has 2 heterocycles. The van der Waals surface area contributed by atoms with Crippen molar-refractivity contribution in [1.82, 2.24) is 9.88 Å². The highest BCUT2D eigenvalue weighted by atomic mass is 35.5. The lowest BCUT2D eigenvalue weighted by Crippen LogP contribution is -2.30. The first-order chi connectivity index (χ1) is 10.7. The third-order valence-corrected chi connectivity index (χ3v) is 4.73. The van der Waals surface area contributed by atoms with Crippen LogP contribution in [0.2, 0.25) is 0 Å². The molecule has 0 spiro atoms. The number of nitro groups is 1. The number of nitrogens with one attached hydrogen (secondary N) is 1. The van der Waals surface area contributed by atoms with Gasteiger partial charge in [-0.25, -0.2) is 0 Å². The lowest BCUT2D eigenvalue weighted by Gasteiger charge is -2.26. The van der Waals surface area contributed by atoms with Gasteiger partial charge in [0.05, 0.1) is 4.92 Å². The third kappa shape index (κ3) is 3.26. The molecule has 5 nitrogen and oxygen atoms in total. The highest BCUT2D eigenvalue weighted by Crippen LogP contribution is 2.33. The number of non-ortho nitro benzene ring substituents is 1. The van der Waals surface area contributed by atoms with Crippen LogP contribution in [-0.2, 0) is 0 Å². The van der Waals surface area contributed by atoms with Crippen LogP contribution in [0.1, 0.15) is 24.8 Å². The molecular weight excluding hydrogens is 314 g/mol. The molecule has 2 aromatic rings. The van der Waals surface area contributed by atoms with E-state index in [1.54, 1.807) is 18.2 Å². The maximum atomic E-state index is 11.0. The maximum Gasteiger partial charge on any atom is 0.270 e. The van der Waals surface area contributed by atoms with Crippen molar-refractivity contribution in [1.29, 1.82) is 0 Å². The zero-order valence-electron chi connectivity index (χ0n) is 12.8. The van der Waals surface area contributed by atoms with Gasteiger partial charge in [0, 0.05) is 54.4 Å². The summed E-state index contributed by atoms with van der Waals surface area (Å²) in [7, 11) is 0. The number of nitrogens with zero attached hydrogens (tertiary/aromatic N) is 2. The standard InChI is InChI=1S/C17H19N3O2.ClH/c21-20(22)14-3-4-17-15(9-14)16(10-18-17)13-5-7-19(8-6-13)11-12-1-2-12;/h3-5,9-10,12,18H,1-2,6-8,11H2;1H. The van der Waals surface area contributed by atoms with E-state index in [1.807, 2.05) is 6.20 Å². The number of H-pyrrole nitrogens is 1. The summed E-state index contributed by atoms with van der Waals surface area (Å²) in [5.41, 5.74) is 3.53. The smallest absolute Gasteiger partial charge is 0.270 e. The molecule has 0 saturated heterocycles. The van der Waals surface area contributed by atoms with Gasteiger partial charge in [-0.2, -0.15) is 0 Å². The number of benzene rings is 1. The Morgan fingerprint density at radius 2 is 2.17 bits per heavy atom. The first kappa shape index (κ1) is 16.0. The van der Waals surface area contributed by atoms with E-state index in [-0.39, 0.29) is 23.0 Å². The molecule has 0 amide bonds. The summed E-state index contributed by atoms with van der Waals surface area (Å²) in [6, 6.07) is 5.02. The van der Waals surface area contributed by atoms with Crippen molar-refractivity contribution >= 4 is 34.6 Å². The Kier molecular flexibility index (Phi) is 4.41. The highest BCUT2D eigenvalue weighted by molar-refractivity contribution is 5.94. The number of fused-ring (bicyclic) bond motifs is 1. The minimum atomic E-state index is -0.331. The molecule has 1 N–H and O–H groups in total.